The van der Waals surface area contributed by atoms with E-state index in [2.05, 4.69) is 26.2 Å². The van der Waals surface area contributed by atoms with Crippen molar-refractivity contribution in [3.05, 3.63) is 52.9 Å². The molecule has 0 radical (unpaired) electrons. The molecule has 1 aromatic carbocycles. The molecule has 158 valence electrons. The van der Waals surface area contributed by atoms with E-state index < -0.39 is 12.1 Å². The molecule has 2 aliphatic rings. The SMILES string of the molecule is COC(=O)N[C@H](C(=O)N1CC=C[C@H]1c1nc(-c2ccc(Br)cc2)c[nH]1)C1CCCC1. The molecule has 2 heterocycles. The van der Waals surface area contributed by atoms with E-state index in [-0.39, 0.29) is 17.9 Å². The predicted molar refractivity (Wildman–Crippen MR) is 117 cm³/mol. The molecule has 1 saturated carbocycles. The van der Waals surface area contributed by atoms with Gasteiger partial charge in [0.2, 0.25) is 5.91 Å². The van der Waals surface area contributed by atoms with E-state index >= 15 is 0 Å². The Morgan fingerprint density at radius 1 is 1.27 bits per heavy atom. The van der Waals surface area contributed by atoms with Crippen LogP contribution in [0.5, 0.6) is 0 Å². The first-order chi connectivity index (χ1) is 14.6. The average Bonchev–Trinajstić information content (AvgIpc) is 3.52. The predicted octanol–water partition coefficient (Wildman–Crippen LogP) is 4.19. The summed E-state index contributed by atoms with van der Waals surface area (Å²) in [5.41, 5.74) is 1.82. The molecule has 8 heteroatoms. The monoisotopic (exact) mass is 472 g/mol. The topological polar surface area (TPSA) is 87.3 Å². The number of aromatic amines is 1. The minimum Gasteiger partial charge on any atom is -0.453 e. The number of halogens is 1. The number of benzene rings is 1. The molecule has 0 saturated heterocycles. The molecule has 2 aromatic rings. The van der Waals surface area contributed by atoms with Crippen LogP contribution >= 0.6 is 15.9 Å². The van der Waals surface area contributed by atoms with Crippen molar-refractivity contribution in [2.24, 2.45) is 5.92 Å². The van der Waals surface area contributed by atoms with Crippen molar-refractivity contribution < 1.29 is 14.3 Å². The highest BCUT2D eigenvalue weighted by molar-refractivity contribution is 9.10. The summed E-state index contributed by atoms with van der Waals surface area (Å²) in [6.07, 6.45) is 9.25. The maximum absolute atomic E-state index is 13.5. The normalized spacial score (nSPS) is 19.8. The Balaban J connectivity index is 1.54. The molecule has 1 fully saturated rings. The van der Waals surface area contributed by atoms with Gasteiger partial charge in [0.15, 0.2) is 0 Å². The second-order valence-electron chi connectivity index (χ2n) is 7.70. The molecule has 1 aliphatic carbocycles. The average molecular weight is 473 g/mol. The fourth-order valence-electron chi connectivity index (χ4n) is 4.28. The number of amides is 2. The van der Waals surface area contributed by atoms with Gasteiger partial charge in [0, 0.05) is 22.8 Å². The van der Waals surface area contributed by atoms with Gasteiger partial charge < -0.3 is 19.9 Å². The van der Waals surface area contributed by atoms with Crippen LogP contribution in [0.1, 0.15) is 37.5 Å². The van der Waals surface area contributed by atoms with Gasteiger partial charge in [-0.15, -0.1) is 0 Å². The summed E-state index contributed by atoms with van der Waals surface area (Å²) in [4.78, 5) is 35.1. The maximum atomic E-state index is 13.5. The lowest BCUT2D eigenvalue weighted by Gasteiger charge is -2.31. The molecular weight excluding hydrogens is 448 g/mol. The summed E-state index contributed by atoms with van der Waals surface area (Å²) in [6, 6.07) is 7.06. The van der Waals surface area contributed by atoms with Gasteiger partial charge in [-0.2, -0.15) is 0 Å². The van der Waals surface area contributed by atoms with Crippen LogP contribution < -0.4 is 5.32 Å². The van der Waals surface area contributed by atoms with Gasteiger partial charge in [-0.05, 0) is 30.9 Å². The molecular formula is C22H25BrN4O3. The van der Waals surface area contributed by atoms with Crippen LogP contribution in [0.15, 0.2) is 47.1 Å². The maximum Gasteiger partial charge on any atom is 0.407 e. The number of rotatable bonds is 5. The van der Waals surface area contributed by atoms with Crippen molar-refractivity contribution in [1.29, 1.82) is 0 Å². The van der Waals surface area contributed by atoms with Gasteiger partial charge in [0.1, 0.15) is 17.9 Å². The zero-order chi connectivity index (χ0) is 21.1. The number of aromatic nitrogens is 2. The summed E-state index contributed by atoms with van der Waals surface area (Å²) in [5.74, 6) is 0.745. The Morgan fingerprint density at radius 2 is 2.00 bits per heavy atom. The van der Waals surface area contributed by atoms with Crippen LogP contribution in [-0.2, 0) is 9.53 Å². The van der Waals surface area contributed by atoms with Crippen LogP contribution in [0, 0.1) is 5.92 Å². The number of hydrogen-bond acceptors (Lipinski definition) is 4. The summed E-state index contributed by atoms with van der Waals surface area (Å²) in [6.45, 7) is 0.490. The van der Waals surface area contributed by atoms with E-state index in [1.807, 2.05) is 42.6 Å². The number of alkyl carbamates (subject to hydrolysis) is 1. The lowest BCUT2D eigenvalue weighted by molar-refractivity contribution is -0.135. The van der Waals surface area contributed by atoms with Crippen LogP contribution in [0.2, 0.25) is 0 Å². The zero-order valence-electron chi connectivity index (χ0n) is 16.8. The fraction of sp³-hybridized carbons (Fsp3) is 0.409. The smallest absolute Gasteiger partial charge is 0.407 e. The Labute approximate surface area is 184 Å². The van der Waals surface area contributed by atoms with E-state index in [4.69, 9.17) is 9.72 Å². The van der Waals surface area contributed by atoms with Crippen molar-refractivity contribution in [2.45, 2.75) is 37.8 Å². The molecule has 2 amide bonds. The summed E-state index contributed by atoms with van der Waals surface area (Å²) in [7, 11) is 1.32. The highest BCUT2D eigenvalue weighted by Gasteiger charge is 2.38. The number of carbonyl (C=O) groups excluding carboxylic acids is 2. The zero-order valence-corrected chi connectivity index (χ0v) is 18.4. The summed E-state index contributed by atoms with van der Waals surface area (Å²) >= 11 is 3.44. The quantitative estimate of drug-likeness (QED) is 0.638. The van der Waals surface area contributed by atoms with Crippen molar-refractivity contribution >= 4 is 27.9 Å². The van der Waals surface area contributed by atoms with Crippen LogP contribution in [0.25, 0.3) is 11.3 Å². The highest BCUT2D eigenvalue weighted by atomic mass is 79.9. The Kier molecular flexibility index (Phi) is 6.22. The largest absolute Gasteiger partial charge is 0.453 e. The van der Waals surface area contributed by atoms with Crippen molar-refractivity contribution in [3.63, 3.8) is 0 Å². The number of methoxy groups -OCH3 is 1. The Hall–Kier alpha value is -2.61. The second-order valence-corrected chi connectivity index (χ2v) is 8.62. The van der Waals surface area contributed by atoms with E-state index in [0.717, 1.165) is 41.4 Å². The molecule has 7 nitrogen and oxygen atoms in total. The van der Waals surface area contributed by atoms with Crippen LogP contribution in [0.3, 0.4) is 0 Å². The lowest BCUT2D eigenvalue weighted by atomic mass is 9.96. The summed E-state index contributed by atoms with van der Waals surface area (Å²) in [5, 5.41) is 2.78. The summed E-state index contributed by atoms with van der Waals surface area (Å²) < 4.78 is 5.77. The first kappa shape index (κ1) is 20.7. The molecule has 2 N–H and O–H groups in total. The van der Waals surface area contributed by atoms with Crippen LogP contribution in [0.4, 0.5) is 4.79 Å². The molecule has 0 unspecified atom stereocenters. The molecule has 1 aliphatic heterocycles. The minimum absolute atomic E-state index is 0.0936. The molecule has 0 bridgehead atoms. The first-order valence-electron chi connectivity index (χ1n) is 10.2. The standard InChI is InChI=1S/C22H25BrN4O3/c1-30-22(29)26-19(15-5-2-3-6-15)21(28)27-12-4-7-18(27)20-24-13-17(25-20)14-8-10-16(23)11-9-14/h4,7-11,13,15,18-19H,2-3,5-6,12H2,1H3,(H,24,25)(H,26,29)/t18-,19-/m0/s1. The molecule has 30 heavy (non-hydrogen) atoms. The molecule has 2 atom stereocenters. The van der Waals surface area contributed by atoms with E-state index in [1.54, 1.807) is 4.90 Å². The van der Waals surface area contributed by atoms with E-state index in [9.17, 15) is 9.59 Å². The number of nitrogens with zero attached hydrogens (tertiary/aromatic N) is 2. The Morgan fingerprint density at radius 3 is 2.70 bits per heavy atom. The molecule has 1 aromatic heterocycles. The van der Waals surface area contributed by atoms with E-state index in [1.165, 1.54) is 7.11 Å². The number of ether oxygens (including phenoxy) is 1. The first-order valence-corrected chi connectivity index (χ1v) is 11.0. The number of hydrogen-bond donors (Lipinski definition) is 2. The third kappa shape index (κ3) is 4.28. The minimum atomic E-state index is -0.580. The number of carbonyl (C=O) groups is 2. The second kappa shape index (κ2) is 9.04. The molecule has 0 spiro atoms. The number of nitrogens with one attached hydrogen (secondary N) is 2. The van der Waals surface area contributed by atoms with Gasteiger partial charge in [-0.3, -0.25) is 4.79 Å². The lowest BCUT2D eigenvalue weighted by Crippen LogP contribution is -2.51. The van der Waals surface area contributed by atoms with Gasteiger partial charge in [0.25, 0.3) is 0 Å². The number of H-pyrrole nitrogens is 1. The van der Waals surface area contributed by atoms with Crippen molar-refractivity contribution in [3.8, 4) is 11.3 Å². The fourth-order valence-corrected chi connectivity index (χ4v) is 4.54. The van der Waals surface area contributed by atoms with Crippen molar-refractivity contribution in [2.75, 3.05) is 13.7 Å². The van der Waals surface area contributed by atoms with Gasteiger partial charge >= 0.3 is 6.09 Å². The third-order valence-electron chi connectivity index (χ3n) is 5.85. The Bertz CT molecular complexity index is 934. The van der Waals surface area contributed by atoms with Gasteiger partial charge in [-0.25, -0.2) is 9.78 Å². The van der Waals surface area contributed by atoms with Gasteiger partial charge in [0.05, 0.1) is 12.8 Å². The van der Waals surface area contributed by atoms with Gasteiger partial charge in [-0.1, -0.05) is 53.1 Å². The molecule has 4 rings (SSSR count). The third-order valence-corrected chi connectivity index (χ3v) is 6.38. The van der Waals surface area contributed by atoms with Crippen molar-refractivity contribution in [1.82, 2.24) is 20.2 Å². The van der Waals surface area contributed by atoms with E-state index in [0.29, 0.717) is 12.4 Å². The van der Waals surface area contributed by atoms with Crippen LogP contribution in [-0.4, -0.2) is 46.6 Å². The number of imidazole rings is 1. The highest BCUT2D eigenvalue weighted by Crippen LogP contribution is 2.32.